The molecule has 0 amide bonds. The van der Waals surface area contributed by atoms with Crippen LogP contribution < -0.4 is 0 Å². The highest BCUT2D eigenvalue weighted by molar-refractivity contribution is 7.31. The number of hydrogen-bond donors (Lipinski definition) is 1. The van der Waals surface area contributed by atoms with Crippen molar-refractivity contribution in [2.75, 3.05) is 13.2 Å². The van der Waals surface area contributed by atoms with Crippen molar-refractivity contribution >= 4 is 14.2 Å². The fourth-order valence-electron chi connectivity index (χ4n) is 1.26. The Bertz CT molecular complexity index is 315. The van der Waals surface area contributed by atoms with Crippen molar-refractivity contribution in [1.82, 2.24) is 0 Å². The Hall–Kier alpha value is -0.680. The van der Waals surface area contributed by atoms with Crippen molar-refractivity contribution in [1.29, 1.82) is 0 Å². The van der Waals surface area contributed by atoms with Crippen molar-refractivity contribution < 1.29 is 28.6 Å². The van der Waals surface area contributed by atoms with E-state index in [1.54, 1.807) is 19.1 Å². The number of allylic oxidation sites excluding steroid dienone is 1. The molecule has 0 fully saturated rings. The second-order valence-corrected chi connectivity index (χ2v) is 4.94. The van der Waals surface area contributed by atoms with Crippen LogP contribution in [-0.4, -0.2) is 24.1 Å². The molecule has 0 aliphatic rings. The highest BCUT2D eigenvalue weighted by Gasteiger charge is 2.35. The van der Waals surface area contributed by atoms with Gasteiger partial charge in [-0.2, -0.15) is 4.67 Å². The van der Waals surface area contributed by atoms with Crippen LogP contribution in [-0.2, 0) is 23.7 Å². The maximum Gasteiger partial charge on any atom is 0.344 e. The number of carbonyl (C=O) groups is 1. The zero-order valence-corrected chi connectivity index (χ0v) is 12.1. The van der Waals surface area contributed by atoms with E-state index >= 15 is 0 Å². The van der Waals surface area contributed by atoms with Gasteiger partial charge in [0.2, 0.25) is 0 Å². The van der Waals surface area contributed by atoms with Gasteiger partial charge in [0.25, 0.3) is 0 Å². The van der Waals surface area contributed by atoms with Gasteiger partial charge in [-0.1, -0.05) is 26.0 Å². The van der Waals surface area contributed by atoms with E-state index < -0.39 is 13.7 Å². The van der Waals surface area contributed by atoms with Crippen LogP contribution in [0.5, 0.6) is 0 Å². The first kappa shape index (κ1) is 17.3. The first-order chi connectivity index (χ1) is 8.34. The quantitative estimate of drug-likeness (QED) is 0.183. The molecule has 0 aliphatic carbocycles. The summed E-state index contributed by atoms with van der Waals surface area (Å²) in [6.45, 7) is 7.37. The molecule has 0 heterocycles. The Balaban J connectivity index is 4.17. The summed E-state index contributed by atoms with van der Waals surface area (Å²) in [6, 6.07) is 0. The van der Waals surface area contributed by atoms with E-state index in [2.05, 4.69) is 9.56 Å². The molecule has 0 aromatic rings. The molecular formula is C11H21O6P. The van der Waals surface area contributed by atoms with Crippen molar-refractivity contribution in [2.45, 2.75) is 27.7 Å². The summed E-state index contributed by atoms with van der Waals surface area (Å²) in [6.07, 6.45) is 3.60. The smallest absolute Gasteiger partial charge is 0.344 e. The first-order valence-corrected chi connectivity index (χ1v) is 6.94. The highest BCUT2D eigenvalue weighted by atomic mass is 31.1. The van der Waals surface area contributed by atoms with Crippen LogP contribution in [0.25, 0.3) is 0 Å². The van der Waals surface area contributed by atoms with Crippen molar-refractivity contribution in [3.8, 4) is 0 Å². The molecule has 0 radical (unpaired) electrons. The maximum atomic E-state index is 11.9. The minimum Gasteiger partial charge on any atom is -0.462 e. The summed E-state index contributed by atoms with van der Waals surface area (Å²) < 4.78 is 19.2. The van der Waals surface area contributed by atoms with Crippen LogP contribution in [0, 0.1) is 11.3 Å². The molecule has 6 nitrogen and oxygen atoms in total. The molecule has 0 rings (SSSR count). The fraction of sp³-hybridized carbons (Fsp3) is 0.727. The summed E-state index contributed by atoms with van der Waals surface area (Å²) in [5, 5.41) is 0. The molecule has 18 heavy (non-hydrogen) atoms. The molecule has 0 spiro atoms. The molecule has 0 aromatic heterocycles. The Morgan fingerprint density at radius 2 is 2.06 bits per heavy atom. The fourth-order valence-corrected chi connectivity index (χ4v) is 1.44. The van der Waals surface area contributed by atoms with Gasteiger partial charge in [0, 0.05) is 0 Å². The minimum atomic E-state index is -3.11. The summed E-state index contributed by atoms with van der Waals surface area (Å²) in [5.41, 5.74) is -0.694. The number of esters is 1. The third kappa shape index (κ3) is 5.78. The van der Waals surface area contributed by atoms with E-state index in [4.69, 9.17) is 9.63 Å². The van der Waals surface area contributed by atoms with E-state index in [1.807, 2.05) is 20.8 Å². The molecule has 2 atom stereocenters. The standard InChI is InChI=1S/C11H21O6P/c1-5-6-11(4,9(2)3)10(12)15-7-8-16-17-18(13)14/h5-6,9,18H,7-8H2,1-4H3,(H,13,14). The van der Waals surface area contributed by atoms with Gasteiger partial charge in [0.05, 0.1) is 5.41 Å². The number of carbonyl (C=O) groups excluding carboxylic acids is 1. The van der Waals surface area contributed by atoms with Gasteiger partial charge in [0.15, 0.2) is 0 Å². The van der Waals surface area contributed by atoms with Gasteiger partial charge in [-0.15, -0.1) is 0 Å². The van der Waals surface area contributed by atoms with E-state index in [9.17, 15) is 9.36 Å². The monoisotopic (exact) mass is 280 g/mol. The van der Waals surface area contributed by atoms with Gasteiger partial charge in [-0.05, 0) is 19.8 Å². The van der Waals surface area contributed by atoms with E-state index in [0.717, 1.165) is 0 Å². The normalized spacial score (nSPS) is 16.8. The highest BCUT2D eigenvalue weighted by Crippen LogP contribution is 2.30. The molecule has 0 aromatic carbocycles. The lowest BCUT2D eigenvalue weighted by Gasteiger charge is -2.27. The van der Waals surface area contributed by atoms with Gasteiger partial charge in [-0.3, -0.25) is 9.36 Å². The summed E-state index contributed by atoms with van der Waals surface area (Å²) >= 11 is 0. The van der Waals surface area contributed by atoms with Gasteiger partial charge >= 0.3 is 14.2 Å². The maximum absolute atomic E-state index is 11.9. The third-order valence-corrected chi connectivity index (χ3v) is 2.94. The lowest BCUT2D eigenvalue weighted by Crippen LogP contribution is -2.33. The van der Waals surface area contributed by atoms with Crippen LogP contribution >= 0.6 is 8.25 Å². The van der Waals surface area contributed by atoms with Gasteiger partial charge in [0.1, 0.15) is 13.2 Å². The molecule has 0 aliphatic heterocycles. The van der Waals surface area contributed by atoms with E-state index in [0.29, 0.717) is 0 Å². The first-order valence-electron chi connectivity index (χ1n) is 5.68. The molecule has 1 N–H and O–H groups in total. The second-order valence-electron chi connectivity index (χ2n) is 4.24. The zero-order chi connectivity index (χ0) is 14.2. The molecule has 0 saturated carbocycles. The van der Waals surface area contributed by atoms with Crippen molar-refractivity contribution in [3.05, 3.63) is 12.2 Å². The summed E-state index contributed by atoms with van der Waals surface area (Å²) in [4.78, 5) is 24.6. The largest absolute Gasteiger partial charge is 0.462 e. The van der Waals surface area contributed by atoms with Crippen LogP contribution in [0.3, 0.4) is 0 Å². The van der Waals surface area contributed by atoms with Crippen molar-refractivity contribution in [3.63, 3.8) is 0 Å². The summed E-state index contributed by atoms with van der Waals surface area (Å²) in [5.74, 6) is -0.275. The Kier molecular flexibility index (Phi) is 8.11. The van der Waals surface area contributed by atoms with Gasteiger partial charge < -0.3 is 9.63 Å². The topological polar surface area (TPSA) is 82.1 Å². The number of ether oxygens (including phenoxy) is 1. The van der Waals surface area contributed by atoms with Crippen LogP contribution in [0.4, 0.5) is 0 Å². The average molecular weight is 280 g/mol. The predicted molar refractivity (Wildman–Crippen MR) is 67.0 cm³/mol. The zero-order valence-electron chi connectivity index (χ0n) is 11.1. The lowest BCUT2D eigenvalue weighted by molar-refractivity contribution is -0.217. The molecule has 106 valence electrons. The third-order valence-electron chi connectivity index (χ3n) is 2.68. The Morgan fingerprint density at radius 1 is 1.44 bits per heavy atom. The minimum absolute atomic E-state index is 0.0339. The van der Waals surface area contributed by atoms with Crippen LogP contribution in [0.15, 0.2) is 12.2 Å². The molecule has 7 heteroatoms. The van der Waals surface area contributed by atoms with E-state index in [1.165, 1.54) is 0 Å². The van der Waals surface area contributed by atoms with E-state index in [-0.39, 0.29) is 25.1 Å². The van der Waals surface area contributed by atoms with Crippen molar-refractivity contribution in [2.24, 2.45) is 11.3 Å². The number of rotatable bonds is 8. The van der Waals surface area contributed by atoms with Crippen LogP contribution in [0.1, 0.15) is 27.7 Å². The average Bonchev–Trinajstić information content (AvgIpc) is 2.27. The predicted octanol–water partition coefficient (Wildman–Crippen LogP) is 2.10. The molecule has 0 saturated heterocycles. The number of hydrogen-bond acceptors (Lipinski definition) is 5. The van der Waals surface area contributed by atoms with Crippen LogP contribution in [0.2, 0.25) is 0 Å². The Labute approximate surface area is 108 Å². The van der Waals surface area contributed by atoms with Gasteiger partial charge in [-0.25, -0.2) is 4.89 Å². The Morgan fingerprint density at radius 3 is 2.50 bits per heavy atom. The summed E-state index contributed by atoms with van der Waals surface area (Å²) in [7, 11) is -3.11. The molecular weight excluding hydrogens is 259 g/mol. The lowest BCUT2D eigenvalue weighted by atomic mass is 9.79. The SMILES string of the molecule is CC=CC(C)(C(=O)OCCOO[PH](=O)O)C(C)C. The second kappa shape index (κ2) is 8.43. The molecule has 2 unspecified atom stereocenters. The molecule has 0 bridgehead atoms.